The molecule has 1 aromatic carbocycles. The van der Waals surface area contributed by atoms with Gasteiger partial charge in [-0.25, -0.2) is 0 Å². The summed E-state index contributed by atoms with van der Waals surface area (Å²) in [5.74, 6) is 0. The minimum absolute atomic E-state index is 0.307. The molecule has 0 heterocycles. The van der Waals surface area contributed by atoms with Crippen LogP contribution in [0.1, 0.15) is 6.92 Å². The molecule has 2 N–H and O–H groups in total. The number of nitrogens with one attached hydrogen (secondary N) is 2. The Morgan fingerprint density at radius 1 is 1.40 bits per heavy atom. The number of rotatable bonds is 4. The predicted octanol–water partition coefficient (Wildman–Crippen LogP) is 2.48. The van der Waals surface area contributed by atoms with Gasteiger partial charge in [0.05, 0.1) is 5.69 Å². The third kappa shape index (κ3) is 5.02. The molecule has 15 heavy (non-hydrogen) atoms. The van der Waals surface area contributed by atoms with E-state index in [1.165, 1.54) is 0 Å². The lowest BCUT2D eigenvalue weighted by Crippen LogP contribution is -2.30. The lowest BCUT2D eigenvalue weighted by Gasteiger charge is -2.11. The molecule has 4 heteroatoms. The van der Waals surface area contributed by atoms with Crippen LogP contribution in [0.25, 0.3) is 0 Å². The number of anilines is 1. The van der Waals surface area contributed by atoms with Crippen LogP contribution in [0.2, 0.25) is 0 Å². The maximum atomic E-state index is 5.18. The Morgan fingerprint density at radius 2 is 2.07 bits per heavy atom. The van der Waals surface area contributed by atoms with Crippen molar-refractivity contribution in [2.75, 3.05) is 12.0 Å². The third-order valence-electron chi connectivity index (χ3n) is 1.53. The monoisotopic (exact) mass is 222 g/mol. The number of para-hydroxylation sites is 1. The summed E-state index contributed by atoms with van der Waals surface area (Å²) < 4.78 is 5.18. The number of benzene rings is 1. The highest BCUT2D eigenvalue weighted by molar-refractivity contribution is 7.80. The molecule has 0 bridgehead atoms. The molecule has 3 nitrogen and oxygen atoms in total. The first kappa shape index (κ1) is 11.5. The summed E-state index contributed by atoms with van der Waals surface area (Å²) in [5, 5.41) is 0.307. The normalized spacial score (nSPS) is 9.13. The van der Waals surface area contributed by atoms with Gasteiger partial charge in [-0.2, -0.15) is 0 Å². The van der Waals surface area contributed by atoms with E-state index in [-0.39, 0.29) is 0 Å². The van der Waals surface area contributed by atoms with Crippen molar-refractivity contribution in [3.05, 3.63) is 42.5 Å². The fourth-order valence-corrected chi connectivity index (χ4v) is 0.979. The summed E-state index contributed by atoms with van der Waals surface area (Å²) in [5.41, 5.74) is 7.55. The molecule has 0 atom stereocenters. The van der Waals surface area contributed by atoms with Crippen molar-refractivity contribution in [1.29, 1.82) is 0 Å². The van der Waals surface area contributed by atoms with Gasteiger partial charge in [-0.05, 0) is 36.8 Å². The molecule has 0 aliphatic carbocycles. The Kier molecular flexibility index (Phi) is 4.63. The van der Waals surface area contributed by atoms with E-state index < -0.39 is 0 Å². The summed E-state index contributed by atoms with van der Waals surface area (Å²) in [6.07, 6.45) is 0. The van der Waals surface area contributed by atoms with Crippen molar-refractivity contribution in [2.45, 2.75) is 6.92 Å². The standard InChI is InChI=1S/C11H14N2OS/c1-9(2)8-14-11(15)13-12-10-6-4-3-5-7-10/h3-7,12H,1,8H2,2H3,(H,13,15). The summed E-state index contributed by atoms with van der Waals surface area (Å²) in [4.78, 5) is 0. The van der Waals surface area contributed by atoms with Gasteiger partial charge in [0.15, 0.2) is 0 Å². The third-order valence-corrected chi connectivity index (χ3v) is 1.75. The van der Waals surface area contributed by atoms with Crippen LogP contribution in [0.3, 0.4) is 0 Å². The molecule has 1 rings (SSSR count). The Hall–Kier alpha value is -1.55. The Labute approximate surface area is 95.1 Å². The number of hydrogen-bond donors (Lipinski definition) is 2. The average molecular weight is 222 g/mol. The van der Waals surface area contributed by atoms with Gasteiger partial charge in [-0.3, -0.25) is 10.9 Å². The molecule has 0 amide bonds. The summed E-state index contributed by atoms with van der Waals surface area (Å²) in [6, 6.07) is 9.66. The molecular formula is C11H14N2OS. The van der Waals surface area contributed by atoms with E-state index in [1.807, 2.05) is 37.3 Å². The maximum Gasteiger partial charge on any atom is 0.276 e. The summed E-state index contributed by atoms with van der Waals surface area (Å²) in [6.45, 7) is 6.03. The minimum atomic E-state index is 0.307. The fourth-order valence-electron chi connectivity index (χ4n) is 0.870. The molecule has 1 aromatic rings. The van der Waals surface area contributed by atoms with E-state index in [4.69, 9.17) is 17.0 Å². The smallest absolute Gasteiger partial charge is 0.276 e. The first-order valence-electron chi connectivity index (χ1n) is 4.56. The van der Waals surface area contributed by atoms with Gasteiger partial charge in [0.1, 0.15) is 6.61 Å². The molecule has 0 saturated carbocycles. The van der Waals surface area contributed by atoms with Gasteiger partial charge >= 0.3 is 0 Å². The van der Waals surface area contributed by atoms with Gasteiger partial charge in [0.2, 0.25) is 0 Å². The zero-order chi connectivity index (χ0) is 11.1. The number of hydrogen-bond acceptors (Lipinski definition) is 3. The number of thiocarbonyl (C=S) groups is 1. The second-order valence-corrected chi connectivity index (χ2v) is 3.52. The van der Waals surface area contributed by atoms with Gasteiger partial charge < -0.3 is 4.74 Å². The highest BCUT2D eigenvalue weighted by Crippen LogP contribution is 2.02. The van der Waals surface area contributed by atoms with Crippen LogP contribution in [0.15, 0.2) is 42.5 Å². The lowest BCUT2D eigenvalue weighted by atomic mass is 10.3. The predicted molar refractivity (Wildman–Crippen MR) is 66.6 cm³/mol. The van der Waals surface area contributed by atoms with Crippen LogP contribution in [0.5, 0.6) is 0 Å². The van der Waals surface area contributed by atoms with Gasteiger partial charge in [-0.1, -0.05) is 24.8 Å². The average Bonchev–Trinajstić information content (AvgIpc) is 2.25. The highest BCUT2D eigenvalue weighted by atomic mass is 32.1. The van der Waals surface area contributed by atoms with Crippen LogP contribution >= 0.6 is 12.2 Å². The van der Waals surface area contributed by atoms with Crippen molar-refractivity contribution >= 4 is 23.1 Å². The molecule has 80 valence electrons. The SMILES string of the molecule is C=C(C)COC(=S)NNc1ccccc1. The van der Waals surface area contributed by atoms with Crippen LogP contribution in [-0.2, 0) is 4.74 Å². The zero-order valence-electron chi connectivity index (χ0n) is 8.62. The summed E-state index contributed by atoms with van der Waals surface area (Å²) in [7, 11) is 0. The fraction of sp³-hybridized carbons (Fsp3) is 0.182. The van der Waals surface area contributed by atoms with Crippen LogP contribution in [-0.4, -0.2) is 11.8 Å². The van der Waals surface area contributed by atoms with E-state index >= 15 is 0 Å². The first-order chi connectivity index (χ1) is 7.18. The second kappa shape index (κ2) is 6.03. The van der Waals surface area contributed by atoms with Gasteiger partial charge in [0.25, 0.3) is 5.17 Å². The molecule has 0 radical (unpaired) electrons. The van der Waals surface area contributed by atoms with Crippen molar-refractivity contribution in [3.63, 3.8) is 0 Å². The van der Waals surface area contributed by atoms with Gasteiger partial charge in [0, 0.05) is 0 Å². The van der Waals surface area contributed by atoms with Crippen LogP contribution < -0.4 is 10.9 Å². The zero-order valence-corrected chi connectivity index (χ0v) is 9.43. The Balaban J connectivity index is 2.26. The quantitative estimate of drug-likeness (QED) is 0.466. The van der Waals surface area contributed by atoms with E-state index in [0.717, 1.165) is 11.3 Å². The van der Waals surface area contributed by atoms with Crippen molar-refractivity contribution in [1.82, 2.24) is 5.43 Å². The van der Waals surface area contributed by atoms with E-state index in [2.05, 4.69) is 17.4 Å². The van der Waals surface area contributed by atoms with Crippen LogP contribution in [0.4, 0.5) is 5.69 Å². The van der Waals surface area contributed by atoms with Crippen molar-refractivity contribution < 1.29 is 4.74 Å². The van der Waals surface area contributed by atoms with E-state index in [9.17, 15) is 0 Å². The number of hydrazine groups is 1. The van der Waals surface area contributed by atoms with Gasteiger partial charge in [-0.15, -0.1) is 0 Å². The molecule has 0 aromatic heterocycles. The number of ether oxygens (including phenoxy) is 1. The largest absolute Gasteiger partial charge is 0.465 e. The molecule has 0 aliphatic heterocycles. The molecule has 0 saturated heterocycles. The minimum Gasteiger partial charge on any atom is -0.465 e. The van der Waals surface area contributed by atoms with E-state index in [1.54, 1.807) is 0 Å². The first-order valence-corrected chi connectivity index (χ1v) is 4.97. The summed E-state index contributed by atoms with van der Waals surface area (Å²) >= 11 is 4.93. The molecule has 0 unspecified atom stereocenters. The van der Waals surface area contributed by atoms with Crippen LogP contribution in [0, 0.1) is 0 Å². The highest BCUT2D eigenvalue weighted by Gasteiger charge is 1.95. The second-order valence-electron chi connectivity index (χ2n) is 3.15. The maximum absolute atomic E-state index is 5.18. The molecule has 0 aliphatic rings. The van der Waals surface area contributed by atoms with E-state index in [0.29, 0.717) is 11.8 Å². The lowest BCUT2D eigenvalue weighted by molar-refractivity contribution is 0.336. The Morgan fingerprint density at radius 3 is 2.67 bits per heavy atom. The topological polar surface area (TPSA) is 33.3 Å². The molecular weight excluding hydrogens is 208 g/mol. The molecule has 0 spiro atoms. The molecule has 0 fully saturated rings. The van der Waals surface area contributed by atoms with Crippen molar-refractivity contribution in [3.8, 4) is 0 Å². The Bertz CT molecular complexity index is 338. The van der Waals surface area contributed by atoms with Crippen molar-refractivity contribution in [2.24, 2.45) is 0 Å².